The maximum absolute atomic E-state index is 11.4. The summed E-state index contributed by atoms with van der Waals surface area (Å²) in [5.74, 6) is 0.375. The molecule has 0 spiro atoms. The monoisotopic (exact) mass is 228 g/mol. The maximum Gasteiger partial charge on any atom is 0.305 e. The number of ether oxygens (including phenoxy) is 1. The number of esters is 1. The quantitative estimate of drug-likeness (QED) is 0.477. The molecule has 2 N–H and O–H groups in total. The van der Waals surface area contributed by atoms with Gasteiger partial charge in [0.05, 0.1) is 6.61 Å². The van der Waals surface area contributed by atoms with Gasteiger partial charge in [0.2, 0.25) is 5.91 Å². The van der Waals surface area contributed by atoms with Gasteiger partial charge in [-0.15, -0.1) is 0 Å². The molecule has 0 saturated carbocycles. The van der Waals surface area contributed by atoms with Crippen LogP contribution in [0.4, 0.5) is 0 Å². The van der Waals surface area contributed by atoms with Crippen molar-refractivity contribution in [2.24, 2.45) is 5.92 Å². The zero-order valence-electron chi connectivity index (χ0n) is 9.75. The van der Waals surface area contributed by atoms with Crippen molar-refractivity contribution in [3.63, 3.8) is 0 Å². The van der Waals surface area contributed by atoms with Crippen LogP contribution in [0.15, 0.2) is 0 Å². The predicted molar refractivity (Wildman–Crippen MR) is 59.9 cm³/mol. The van der Waals surface area contributed by atoms with Crippen molar-refractivity contribution in [1.29, 1.82) is 0 Å². The molecule has 0 unspecified atom stereocenters. The lowest BCUT2D eigenvalue weighted by atomic mass is 9.99. The molecular weight excluding hydrogens is 208 g/mol. The molecule has 5 nitrogen and oxygen atoms in total. The van der Waals surface area contributed by atoms with Crippen LogP contribution in [0.25, 0.3) is 0 Å². The zero-order chi connectivity index (χ0) is 11.8. The second-order valence-corrected chi connectivity index (χ2v) is 3.99. The molecule has 1 aliphatic heterocycles. The van der Waals surface area contributed by atoms with E-state index in [4.69, 9.17) is 4.74 Å². The van der Waals surface area contributed by atoms with Gasteiger partial charge < -0.3 is 15.4 Å². The first kappa shape index (κ1) is 13.0. The van der Waals surface area contributed by atoms with Gasteiger partial charge in [-0.1, -0.05) is 0 Å². The van der Waals surface area contributed by atoms with E-state index in [0.29, 0.717) is 38.3 Å². The van der Waals surface area contributed by atoms with E-state index in [2.05, 4.69) is 10.6 Å². The van der Waals surface area contributed by atoms with Crippen LogP contribution >= 0.6 is 0 Å². The molecule has 1 saturated heterocycles. The van der Waals surface area contributed by atoms with Crippen molar-refractivity contribution in [2.75, 3.05) is 26.2 Å². The summed E-state index contributed by atoms with van der Waals surface area (Å²) in [5.41, 5.74) is 0. The van der Waals surface area contributed by atoms with Gasteiger partial charge in [-0.25, -0.2) is 0 Å². The molecule has 1 fully saturated rings. The van der Waals surface area contributed by atoms with E-state index in [9.17, 15) is 9.59 Å². The summed E-state index contributed by atoms with van der Waals surface area (Å²) in [6.45, 7) is 4.64. The Kier molecular flexibility index (Phi) is 5.85. The molecule has 5 heteroatoms. The summed E-state index contributed by atoms with van der Waals surface area (Å²) in [5, 5.41) is 5.93. The van der Waals surface area contributed by atoms with Crippen molar-refractivity contribution in [1.82, 2.24) is 10.6 Å². The first-order valence-corrected chi connectivity index (χ1v) is 5.85. The minimum Gasteiger partial charge on any atom is -0.466 e. The van der Waals surface area contributed by atoms with Crippen molar-refractivity contribution in [3.05, 3.63) is 0 Å². The molecule has 1 aliphatic rings. The lowest BCUT2D eigenvalue weighted by molar-refractivity contribution is -0.143. The topological polar surface area (TPSA) is 67.4 Å². The molecule has 92 valence electrons. The Morgan fingerprint density at radius 3 is 2.75 bits per heavy atom. The van der Waals surface area contributed by atoms with Gasteiger partial charge in [0.25, 0.3) is 0 Å². The van der Waals surface area contributed by atoms with Crippen molar-refractivity contribution < 1.29 is 14.3 Å². The van der Waals surface area contributed by atoms with Gasteiger partial charge in [-0.2, -0.15) is 0 Å². The number of amides is 1. The third-order valence-electron chi connectivity index (χ3n) is 2.53. The van der Waals surface area contributed by atoms with Crippen molar-refractivity contribution in [2.45, 2.75) is 26.2 Å². The number of hydrogen-bond donors (Lipinski definition) is 2. The fourth-order valence-corrected chi connectivity index (χ4v) is 1.52. The van der Waals surface area contributed by atoms with E-state index in [-0.39, 0.29) is 11.9 Å². The summed E-state index contributed by atoms with van der Waals surface area (Å²) in [6, 6.07) is 0. The second kappa shape index (κ2) is 7.22. The number of hydrogen-bond acceptors (Lipinski definition) is 4. The Labute approximate surface area is 95.9 Å². The van der Waals surface area contributed by atoms with Gasteiger partial charge in [-0.05, 0) is 32.4 Å². The van der Waals surface area contributed by atoms with E-state index in [1.807, 2.05) is 0 Å². The van der Waals surface area contributed by atoms with Crippen LogP contribution in [0.2, 0.25) is 0 Å². The van der Waals surface area contributed by atoms with Crippen LogP contribution in [-0.4, -0.2) is 38.1 Å². The zero-order valence-corrected chi connectivity index (χ0v) is 9.75. The highest BCUT2D eigenvalue weighted by Gasteiger charge is 2.19. The normalized spacial score (nSPS) is 15.3. The lowest BCUT2D eigenvalue weighted by Gasteiger charge is -2.26. The third-order valence-corrected chi connectivity index (χ3v) is 2.53. The average molecular weight is 228 g/mol. The van der Waals surface area contributed by atoms with Gasteiger partial charge in [0, 0.05) is 19.4 Å². The number of nitrogens with one attached hydrogen (secondary N) is 2. The maximum atomic E-state index is 11.4. The van der Waals surface area contributed by atoms with E-state index >= 15 is 0 Å². The first-order chi connectivity index (χ1) is 7.72. The highest BCUT2D eigenvalue weighted by molar-refractivity contribution is 5.76. The van der Waals surface area contributed by atoms with Gasteiger partial charge in [0.1, 0.15) is 0 Å². The van der Waals surface area contributed by atoms with Crippen LogP contribution in [0, 0.1) is 5.92 Å². The second-order valence-electron chi connectivity index (χ2n) is 3.99. The largest absolute Gasteiger partial charge is 0.466 e. The molecule has 0 radical (unpaired) electrons. The van der Waals surface area contributed by atoms with Gasteiger partial charge in [0.15, 0.2) is 0 Å². The predicted octanol–water partition coefficient (Wildman–Crippen LogP) is 0.0554. The van der Waals surface area contributed by atoms with Crippen LogP contribution in [0.3, 0.4) is 0 Å². The van der Waals surface area contributed by atoms with E-state index in [1.54, 1.807) is 6.92 Å². The van der Waals surface area contributed by atoms with Crippen LogP contribution in [0.5, 0.6) is 0 Å². The summed E-state index contributed by atoms with van der Waals surface area (Å²) in [7, 11) is 0. The molecule has 0 aromatic rings. The average Bonchev–Trinajstić information content (AvgIpc) is 2.19. The number of carbonyl (C=O) groups is 2. The number of carbonyl (C=O) groups excluding carboxylic acids is 2. The summed E-state index contributed by atoms with van der Waals surface area (Å²) < 4.78 is 4.78. The summed E-state index contributed by atoms with van der Waals surface area (Å²) in [6.07, 6.45) is 1.61. The standard InChI is InChI=1S/C11H20N2O3/c1-2-16-11(15)4-3-5-13-10(14)6-9-7-12-8-9/h9,12H,2-8H2,1H3,(H,13,14). The SMILES string of the molecule is CCOC(=O)CCCNC(=O)CC1CNC1. The van der Waals surface area contributed by atoms with E-state index in [1.165, 1.54) is 0 Å². The smallest absolute Gasteiger partial charge is 0.305 e. The minimum absolute atomic E-state index is 0.0790. The van der Waals surface area contributed by atoms with E-state index < -0.39 is 0 Å². The van der Waals surface area contributed by atoms with Crippen LogP contribution in [0.1, 0.15) is 26.2 Å². The summed E-state index contributed by atoms with van der Waals surface area (Å²) >= 11 is 0. The fourth-order valence-electron chi connectivity index (χ4n) is 1.52. The van der Waals surface area contributed by atoms with E-state index in [0.717, 1.165) is 13.1 Å². The molecule has 0 bridgehead atoms. The summed E-state index contributed by atoms with van der Waals surface area (Å²) in [4.78, 5) is 22.3. The van der Waals surface area contributed by atoms with Crippen LogP contribution in [-0.2, 0) is 14.3 Å². The molecular formula is C11H20N2O3. The number of rotatable bonds is 7. The van der Waals surface area contributed by atoms with Crippen LogP contribution < -0.4 is 10.6 Å². The highest BCUT2D eigenvalue weighted by Crippen LogP contribution is 2.07. The Bertz CT molecular complexity index is 239. The molecule has 0 aromatic heterocycles. The lowest BCUT2D eigenvalue weighted by Crippen LogP contribution is -2.44. The molecule has 0 aliphatic carbocycles. The minimum atomic E-state index is -0.194. The highest BCUT2D eigenvalue weighted by atomic mass is 16.5. The first-order valence-electron chi connectivity index (χ1n) is 5.85. The Morgan fingerprint density at radius 1 is 1.44 bits per heavy atom. The molecule has 0 atom stereocenters. The van der Waals surface area contributed by atoms with Gasteiger partial charge in [-0.3, -0.25) is 9.59 Å². The third kappa shape index (κ3) is 5.11. The molecule has 1 rings (SSSR count). The Morgan fingerprint density at radius 2 is 2.19 bits per heavy atom. The van der Waals surface area contributed by atoms with Crippen molar-refractivity contribution in [3.8, 4) is 0 Å². The molecule has 1 heterocycles. The molecule has 1 amide bonds. The Balaban J connectivity index is 1.93. The Hall–Kier alpha value is -1.10. The van der Waals surface area contributed by atoms with Gasteiger partial charge >= 0.3 is 5.97 Å². The van der Waals surface area contributed by atoms with Crippen molar-refractivity contribution >= 4 is 11.9 Å². The molecule has 16 heavy (non-hydrogen) atoms. The molecule has 0 aromatic carbocycles. The fraction of sp³-hybridized carbons (Fsp3) is 0.818.